The number of ether oxygens (including phenoxy) is 1. The predicted molar refractivity (Wildman–Crippen MR) is 78.8 cm³/mol. The SMILES string of the molecule is COc1ccc(-c2cc(-c3cccs3)n(C(F)(F)F)n2)cc1. The summed E-state index contributed by atoms with van der Waals surface area (Å²) < 4.78 is 44.7. The molecule has 0 saturated heterocycles. The van der Waals surface area contributed by atoms with E-state index in [1.165, 1.54) is 24.5 Å². The van der Waals surface area contributed by atoms with E-state index in [0.29, 0.717) is 16.2 Å². The molecule has 0 atom stereocenters. The van der Waals surface area contributed by atoms with Crippen molar-refractivity contribution in [1.29, 1.82) is 0 Å². The fourth-order valence-electron chi connectivity index (χ4n) is 2.08. The maximum Gasteiger partial charge on any atom is 0.505 e. The van der Waals surface area contributed by atoms with Crippen LogP contribution in [0.1, 0.15) is 0 Å². The summed E-state index contributed by atoms with van der Waals surface area (Å²) in [6, 6.07) is 11.5. The van der Waals surface area contributed by atoms with Crippen molar-refractivity contribution in [2.24, 2.45) is 0 Å². The lowest BCUT2D eigenvalue weighted by Gasteiger charge is -2.09. The monoisotopic (exact) mass is 324 g/mol. The van der Waals surface area contributed by atoms with Crippen LogP contribution >= 0.6 is 11.3 Å². The second kappa shape index (κ2) is 5.49. The summed E-state index contributed by atoms with van der Waals surface area (Å²) in [6.45, 7) is 0. The zero-order valence-corrected chi connectivity index (χ0v) is 12.3. The Morgan fingerprint density at radius 1 is 1.14 bits per heavy atom. The zero-order valence-electron chi connectivity index (χ0n) is 11.5. The number of nitrogens with zero attached hydrogens (tertiary/aromatic N) is 2. The number of hydrogen-bond acceptors (Lipinski definition) is 3. The minimum absolute atomic E-state index is 0.0355. The van der Waals surface area contributed by atoms with Gasteiger partial charge in [0.05, 0.1) is 23.4 Å². The van der Waals surface area contributed by atoms with Crippen LogP contribution in [0.3, 0.4) is 0 Å². The van der Waals surface area contributed by atoms with Gasteiger partial charge in [-0.3, -0.25) is 0 Å². The van der Waals surface area contributed by atoms with Crippen LogP contribution in [0.15, 0.2) is 47.8 Å². The number of aromatic nitrogens is 2. The summed E-state index contributed by atoms with van der Waals surface area (Å²) in [4.78, 5) is 0.518. The van der Waals surface area contributed by atoms with Crippen molar-refractivity contribution in [3.63, 3.8) is 0 Å². The van der Waals surface area contributed by atoms with Gasteiger partial charge in [0.25, 0.3) is 0 Å². The number of rotatable bonds is 3. The number of methoxy groups -OCH3 is 1. The van der Waals surface area contributed by atoms with E-state index >= 15 is 0 Å². The van der Waals surface area contributed by atoms with E-state index in [1.807, 2.05) is 0 Å². The summed E-state index contributed by atoms with van der Waals surface area (Å²) in [5.74, 6) is 0.637. The lowest BCUT2D eigenvalue weighted by Crippen LogP contribution is -2.19. The molecule has 3 nitrogen and oxygen atoms in total. The van der Waals surface area contributed by atoms with Crippen molar-refractivity contribution in [2.45, 2.75) is 6.30 Å². The highest BCUT2D eigenvalue weighted by Crippen LogP contribution is 2.35. The highest BCUT2D eigenvalue weighted by atomic mass is 32.1. The van der Waals surface area contributed by atoms with Gasteiger partial charge in [-0.25, -0.2) is 0 Å². The van der Waals surface area contributed by atoms with Crippen molar-refractivity contribution in [1.82, 2.24) is 9.78 Å². The number of benzene rings is 1. The fraction of sp³-hybridized carbons (Fsp3) is 0.133. The van der Waals surface area contributed by atoms with E-state index in [4.69, 9.17) is 4.74 Å². The first-order valence-electron chi connectivity index (χ1n) is 6.34. The van der Waals surface area contributed by atoms with Crippen LogP contribution in [0.5, 0.6) is 5.75 Å². The van der Waals surface area contributed by atoms with E-state index in [9.17, 15) is 13.2 Å². The quantitative estimate of drug-likeness (QED) is 0.694. The third-order valence-corrected chi connectivity index (χ3v) is 4.00. The van der Waals surface area contributed by atoms with Gasteiger partial charge in [-0.15, -0.1) is 24.5 Å². The van der Waals surface area contributed by atoms with Crippen LogP contribution in [0.4, 0.5) is 13.2 Å². The van der Waals surface area contributed by atoms with Crippen molar-refractivity contribution in [3.8, 4) is 27.6 Å². The Hall–Kier alpha value is -2.28. The minimum atomic E-state index is -4.57. The Bertz CT molecular complexity index is 761. The summed E-state index contributed by atoms with van der Waals surface area (Å²) >= 11 is 1.24. The summed E-state index contributed by atoms with van der Waals surface area (Å²) in [5, 5.41) is 5.45. The lowest BCUT2D eigenvalue weighted by atomic mass is 10.1. The number of thiophene rings is 1. The van der Waals surface area contributed by atoms with Crippen molar-refractivity contribution < 1.29 is 17.9 Å². The second-order valence-corrected chi connectivity index (χ2v) is 5.45. The van der Waals surface area contributed by atoms with Crippen LogP contribution in [-0.2, 0) is 6.30 Å². The molecule has 3 aromatic rings. The largest absolute Gasteiger partial charge is 0.505 e. The Labute approximate surface area is 128 Å². The van der Waals surface area contributed by atoms with Crippen LogP contribution in [0, 0.1) is 0 Å². The molecule has 0 spiro atoms. The molecule has 0 bridgehead atoms. The first kappa shape index (κ1) is 14.6. The van der Waals surface area contributed by atoms with Gasteiger partial charge in [0.2, 0.25) is 0 Å². The topological polar surface area (TPSA) is 27.1 Å². The third-order valence-electron chi connectivity index (χ3n) is 3.11. The van der Waals surface area contributed by atoms with Crippen molar-refractivity contribution in [2.75, 3.05) is 7.11 Å². The molecule has 2 aromatic heterocycles. The Kier molecular flexibility index (Phi) is 3.66. The predicted octanol–water partition coefficient (Wildman–Crippen LogP) is 4.76. The molecule has 2 heterocycles. The molecule has 0 aliphatic rings. The molecule has 0 aliphatic heterocycles. The molecule has 0 N–H and O–H groups in total. The standard InChI is InChI=1S/C15H11F3N2OS/c1-21-11-6-4-10(5-7-11)12-9-13(14-3-2-8-22-14)20(19-12)15(16,17)18/h2-9H,1H3. The zero-order chi connectivity index (χ0) is 15.7. The molecule has 7 heteroatoms. The van der Waals surface area contributed by atoms with Crippen LogP contribution in [0.25, 0.3) is 21.8 Å². The molecular weight excluding hydrogens is 313 g/mol. The highest BCUT2D eigenvalue weighted by Gasteiger charge is 2.35. The summed E-state index contributed by atoms with van der Waals surface area (Å²) in [6.07, 6.45) is -4.57. The van der Waals surface area contributed by atoms with Gasteiger partial charge in [0.1, 0.15) is 5.75 Å². The molecule has 0 radical (unpaired) electrons. The molecule has 114 valence electrons. The maximum atomic E-state index is 13.2. The molecule has 1 aromatic carbocycles. The molecule has 0 fully saturated rings. The molecule has 0 amide bonds. The van der Waals surface area contributed by atoms with E-state index in [1.54, 1.807) is 41.8 Å². The van der Waals surface area contributed by atoms with Gasteiger partial charge >= 0.3 is 6.30 Å². The van der Waals surface area contributed by atoms with Crippen LogP contribution in [0.2, 0.25) is 0 Å². The van der Waals surface area contributed by atoms with E-state index in [2.05, 4.69) is 5.10 Å². The maximum absolute atomic E-state index is 13.2. The Balaban J connectivity index is 2.09. The lowest BCUT2D eigenvalue weighted by molar-refractivity contribution is -0.210. The van der Waals surface area contributed by atoms with Crippen LogP contribution in [-0.4, -0.2) is 16.9 Å². The smallest absolute Gasteiger partial charge is 0.497 e. The molecule has 0 unspecified atom stereocenters. The summed E-state index contributed by atoms with van der Waals surface area (Å²) in [5.41, 5.74) is 0.901. The highest BCUT2D eigenvalue weighted by molar-refractivity contribution is 7.13. The van der Waals surface area contributed by atoms with E-state index in [-0.39, 0.29) is 16.1 Å². The average molecular weight is 324 g/mol. The molecule has 0 saturated carbocycles. The third kappa shape index (κ3) is 2.71. The number of hydrogen-bond donors (Lipinski definition) is 0. The van der Waals surface area contributed by atoms with Gasteiger partial charge in [-0.1, -0.05) is 6.07 Å². The van der Waals surface area contributed by atoms with Crippen molar-refractivity contribution >= 4 is 11.3 Å². The van der Waals surface area contributed by atoms with Gasteiger partial charge < -0.3 is 4.74 Å². The Morgan fingerprint density at radius 3 is 2.41 bits per heavy atom. The van der Waals surface area contributed by atoms with Gasteiger partial charge in [-0.05, 0) is 41.8 Å². The molecule has 3 rings (SSSR count). The number of halogens is 3. The fourth-order valence-corrected chi connectivity index (χ4v) is 2.80. The second-order valence-electron chi connectivity index (χ2n) is 4.50. The normalized spacial score (nSPS) is 11.6. The van der Waals surface area contributed by atoms with E-state index < -0.39 is 6.30 Å². The van der Waals surface area contributed by atoms with Crippen molar-refractivity contribution in [3.05, 3.63) is 47.8 Å². The number of alkyl halides is 3. The molecule has 0 aliphatic carbocycles. The van der Waals surface area contributed by atoms with E-state index in [0.717, 1.165) is 0 Å². The summed E-state index contributed by atoms with van der Waals surface area (Å²) in [7, 11) is 1.53. The molecule has 22 heavy (non-hydrogen) atoms. The van der Waals surface area contributed by atoms with Gasteiger partial charge in [0, 0.05) is 5.56 Å². The molecular formula is C15H11F3N2OS. The minimum Gasteiger partial charge on any atom is -0.497 e. The average Bonchev–Trinajstić information content (AvgIpc) is 3.15. The first-order valence-corrected chi connectivity index (χ1v) is 7.22. The van der Waals surface area contributed by atoms with Gasteiger partial charge in [-0.2, -0.15) is 9.78 Å². The Morgan fingerprint density at radius 2 is 1.86 bits per heavy atom. The first-order chi connectivity index (χ1) is 10.5. The van der Waals surface area contributed by atoms with Crippen LogP contribution < -0.4 is 4.74 Å². The van der Waals surface area contributed by atoms with Gasteiger partial charge in [0.15, 0.2) is 0 Å².